The Morgan fingerprint density at radius 3 is 2.22 bits per heavy atom. The molecule has 0 atom stereocenters. The van der Waals surface area contributed by atoms with Gasteiger partial charge in [-0.2, -0.15) is 0 Å². The number of para-hydroxylation sites is 1. The van der Waals surface area contributed by atoms with Gasteiger partial charge in [-0.05, 0) is 60.7 Å². The number of nitrogens with one attached hydrogen (secondary N) is 2. The van der Waals surface area contributed by atoms with Crippen molar-refractivity contribution in [3.63, 3.8) is 0 Å². The van der Waals surface area contributed by atoms with Crippen LogP contribution in [0.4, 0.5) is 17.1 Å². The zero-order valence-corrected chi connectivity index (χ0v) is 17.5. The van der Waals surface area contributed by atoms with Gasteiger partial charge in [0.2, 0.25) is 5.91 Å². The second-order valence-electron chi connectivity index (χ2n) is 7.09. The number of ether oxygens (including phenoxy) is 1. The summed E-state index contributed by atoms with van der Waals surface area (Å²) in [5, 5.41) is 6.08. The molecule has 0 saturated heterocycles. The lowest BCUT2D eigenvalue weighted by Crippen LogP contribution is -2.27. The van der Waals surface area contributed by atoms with E-state index in [1.165, 1.54) is 17.0 Å². The summed E-state index contributed by atoms with van der Waals surface area (Å²) in [6.07, 6.45) is 1.38. The first-order valence-corrected chi connectivity index (χ1v) is 10.0. The molecular formula is C25H22N4O3. The number of anilines is 3. The number of rotatable bonds is 7. The summed E-state index contributed by atoms with van der Waals surface area (Å²) in [4.78, 5) is 29.2. The van der Waals surface area contributed by atoms with Crippen molar-refractivity contribution in [3.05, 3.63) is 102 Å². The fourth-order valence-electron chi connectivity index (χ4n) is 3.14. The third-order valence-electron chi connectivity index (χ3n) is 4.81. The maximum absolute atomic E-state index is 12.5. The molecule has 1 aromatic heterocycles. The number of carbonyl (C=O) groups is 1. The molecule has 0 aliphatic rings. The Kier molecular flexibility index (Phi) is 6.27. The first-order chi connectivity index (χ1) is 15.6. The van der Waals surface area contributed by atoms with Crippen molar-refractivity contribution in [2.24, 2.45) is 0 Å². The number of carbonyl (C=O) groups excluding carboxylic acids is 1. The molecular weight excluding hydrogens is 404 g/mol. The molecule has 160 valence electrons. The molecule has 0 radical (unpaired) electrons. The van der Waals surface area contributed by atoms with Gasteiger partial charge in [0.15, 0.2) is 0 Å². The third kappa shape index (κ3) is 5.20. The summed E-state index contributed by atoms with van der Waals surface area (Å²) in [6, 6.07) is 25.8. The lowest BCUT2D eigenvalue weighted by molar-refractivity contribution is -0.116. The van der Waals surface area contributed by atoms with E-state index in [0.29, 0.717) is 11.4 Å². The van der Waals surface area contributed by atoms with Crippen LogP contribution in [0.5, 0.6) is 5.75 Å². The van der Waals surface area contributed by atoms with Gasteiger partial charge < -0.3 is 15.4 Å². The average Bonchev–Trinajstić information content (AvgIpc) is 2.82. The van der Waals surface area contributed by atoms with E-state index in [-0.39, 0.29) is 18.0 Å². The zero-order valence-electron chi connectivity index (χ0n) is 17.5. The molecule has 0 aliphatic carbocycles. The molecule has 3 aromatic carbocycles. The lowest BCUT2D eigenvalue weighted by Gasteiger charge is -2.10. The number of benzene rings is 3. The van der Waals surface area contributed by atoms with Crippen LogP contribution in [0.15, 0.2) is 96.1 Å². The number of nitrogens with zero attached hydrogens (tertiary/aromatic N) is 2. The highest BCUT2D eigenvalue weighted by atomic mass is 16.5. The van der Waals surface area contributed by atoms with Crippen LogP contribution < -0.4 is 20.9 Å². The fourth-order valence-corrected chi connectivity index (χ4v) is 3.14. The predicted molar refractivity (Wildman–Crippen MR) is 125 cm³/mol. The second kappa shape index (κ2) is 9.61. The van der Waals surface area contributed by atoms with Crippen LogP contribution in [0.1, 0.15) is 0 Å². The molecule has 7 heteroatoms. The van der Waals surface area contributed by atoms with Gasteiger partial charge in [0.1, 0.15) is 12.3 Å². The Morgan fingerprint density at radius 1 is 0.906 bits per heavy atom. The van der Waals surface area contributed by atoms with E-state index in [9.17, 15) is 9.59 Å². The predicted octanol–water partition coefficient (Wildman–Crippen LogP) is 4.30. The van der Waals surface area contributed by atoms with Gasteiger partial charge in [-0.3, -0.25) is 14.2 Å². The van der Waals surface area contributed by atoms with Gasteiger partial charge in [0.25, 0.3) is 5.56 Å². The number of methoxy groups -OCH3 is 1. The minimum absolute atomic E-state index is 0.126. The number of aromatic nitrogens is 2. The Hall–Kier alpha value is -4.39. The van der Waals surface area contributed by atoms with Gasteiger partial charge >= 0.3 is 0 Å². The summed E-state index contributed by atoms with van der Waals surface area (Å²) in [5.74, 6) is 0.414. The van der Waals surface area contributed by atoms with Crippen LogP contribution in [0.25, 0.3) is 11.3 Å². The maximum atomic E-state index is 12.5. The molecule has 32 heavy (non-hydrogen) atoms. The van der Waals surface area contributed by atoms with E-state index in [4.69, 9.17) is 4.74 Å². The second-order valence-corrected chi connectivity index (χ2v) is 7.09. The molecule has 4 rings (SSSR count). The Morgan fingerprint density at radius 2 is 1.56 bits per heavy atom. The smallest absolute Gasteiger partial charge is 0.254 e. The maximum Gasteiger partial charge on any atom is 0.254 e. The van der Waals surface area contributed by atoms with Crippen molar-refractivity contribution in [1.82, 2.24) is 9.55 Å². The van der Waals surface area contributed by atoms with Crippen molar-refractivity contribution in [2.45, 2.75) is 6.54 Å². The molecule has 0 aliphatic heterocycles. The van der Waals surface area contributed by atoms with Crippen LogP contribution in [0.3, 0.4) is 0 Å². The normalized spacial score (nSPS) is 10.4. The molecule has 4 aromatic rings. The molecule has 1 amide bonds. The summed E-state index contributed by atoms with van der Waals surface area (Å²) in [7, 11) is 1.59. The molecule has 0 fully saturated rings. The topological polar surface area (TPSA) is 85.2 Å². The van der Waals surface area contributed by atoms with E-state index in [0.717, 1.165) is 22.7 Å². The van der Waals surface area contributed by atoms with E-state index < -0.39 is 0 Å². The van der Waals surface area contributed by atoms with Crippen molar-refractivity contribution in [2.75, 3.05) is 17.7 Å². The minimum Gasteiger partial charge on any atom is -0.497 e. The molecule has 0 bridgehead atoms. The van der Waals surface area contributed by atoms with Crippen LogP contribution in [-0.2, 0) is 11.3 Å². The van der Waals surface area contributed by atoms with Gasteiger partial charge in [0, 0.05) is 28.7 Å². The molecule has 0 saturated carbocycles. The monoisotopic (exact) mass is 426 g/mol. The highest BCUT2D eigenvalue weighted by molar-refractivity contribution is 5.90. The first kappa shape index (κ1) is 20.9. The van der Waals surface area contributed by atoms with Gasteiger partial charge in [-0.15, -0.1) is 0 Å². The van der Waals surface area contributed by atoms with Crippen molar-refractivity contribution in [3.8, 4) is 17.0 Å². The van der Waals surface area contributed by atoms with E-state index in [1.54, 1.807) is 31.4 Å². The van der Waals surface area contributed by atoms with Crippen LogP contribution >= 0.6 is 0 Å². The minimum atomic E-state index is -0.310. The highest BCUT2D eigenvalue weighted by Gasteiger charge is 2.08. The third-order valence-corrected chi connectivity index (χ3v) is 4.81. The van der Waals surface area contributed by atoms with Gasteiger partial charge in [0.05, 0.1) is 19.1 Å². The average molecular weight is 426 g/mol. The molecule has 0 unspecified atom stereocenters. The summed E-state index contributed by atoms with van der Waals surface area (Å²) < 4.78 is 6.41. The number of hydrogen-bond acceptors (Lipinski definition) is 5. The Balaban J connectivity index is 1.37. The van der Waals surface area contributed by atoms with E-state index in [1.807, 2.05) is 54.6 Å². The van der Waals surface area contributed by atoms with Crippen LogP contribution in [0.2, 0.25) is 0 Å². The molecule has 7 nitrogen and oxygen atoms in total. The van der Waals surface area contributed by atoms with Gasteiger partial charge in [-0.25, -0.2) is 4.98 Å². The molecule has 0 spiro atoms. The van der Waals surface area contributed by atoms with Crippen molar-refractivity contribution in [1.29, 1.82) is 0 Å². The van der Waals surface area contributed by atoms with E-state index in [2.05, 4.69) is 15.6 Å². The largest absolute Gasteiger partial charge is 0.497 e. The van der Waals surface area contributed by atoms with Crippen molar-refractivity contribution >= 4 is 23.0 Å². The lowest BCUT2D eigenvalue weighted by atomic mass is 10.1. The van der Waals surface area contributed by atoms with Crippen molar-refractivity contribution < 1.29 is 9.53 Å². The van der Waals surface area contributed by atoms with E-state index >= 15 is 0 Å². The van der Waals surface area contributed by atoms with Crippen LogP contribution in [-0.4, -0.2) is 22.6 Å². The molecule has 1 heterocycles. The molecule has 2 N–H and O–H groups in total. The standard InChI is InChI=1S/C25H22N4O3/c1-32-22-13-7-18(8-14-22)23-15-25(31)29(17-26-23)16-24(30)28-21-11-9-20(10-12-21)27-19-5-3-2-4-6-19/h2-15,17,27H,16H2,1H3,(H,28,30). The number of amides is 1. The van der Waals surface area contributed by atoms with Crippen LogP contribution in [0, 0.1) is 0 Å². The first-order valence-electron chi connectivity index (χ1n) is 10.0. The summed E-state index contributed by atoms with van der Waals surface area (Å²) in [5.41, 5.74) is 3.56. The SMILES string of the molecule is COc1ccc(-c2cc(=O)n(CC(=O)Nc3ccc(Nc4ccccc4)cc3)cn2)cc1. The zero-order chi connectivity index (χ0) is 22.3. The number of hydrogen-bond donors (Lipinski definition) is 2. The highest BCUT2D eigenvalue weighted by Crippen LogP contribution is 2.20. The fraction of sp³-hybridized carbons (Fsp3) is 0.0800. The quantitative estimate of drug-likeness (QED) is 0.460. The Bertz CT molecular complexity index is 1250. The summed E-state index contributed by atoms with van der Waals surface area (Å²) in [6.45, 7) is -0.126. The van der Waals surface area contributed by atoms with Gasteiger partial charge in [-0.1, -0.05) is 18.2 Å². The Labute approximate surface area is 185 Å². The summed E-state index contributed by atoms with van der Waals surface area (Å²) >= 11 is 0.